The molecule has 1 aliphatic rings. The Bertz CT molecular complexity index is 902. The molecule has 0 aromatic heterocycles. The minimum absolute atomic E-state index is 0.0224. The van der Waals surface area contributed by atoms with Crippen LogP contribution in [0, 0.1) is 28.1 Å². The number of carbonyl (C=O) groups is 3. The summed E-state index contributed by atoms with van der Waals surface area (Å²) in [6.45, 7) is 17.7. The summed E-state index contributed by atoms with van der Waals surface area (Å²) in [6.07, 6.45) is 0.488. The molecule has 1 saturated heterocycles. The number of amides is 1. The van der Waals surface area contributed by atoms with Gasteiger partial charge in [-0.3, -0.25) is 9.59 Å². The van der Waals surface area contributed by atoms with Gasteiger partial charge in [0, 0.05) is 18.4 Å². The van der Waals surface area contributed by atoms with Gasteiger partial charge >= 0.3 is 11.9 Å². The molecule has 6 nitrogen and oxygen atoms in total. The molecular weight excluding hydrogens is 418 g/mol. The number of hydrogen-bond acceptors (Lipinski definition) is 3. The van der Waals surface area contributed by atoms with E-state index >= 15 is 0 Å². The number of likely N-dealkylation sites (tertiary alicyclic amines) is 1. The van der Waals surface area contributed by atoms with Crippen molar-refractivity contribution in [2.45, 2.75) is 67.3 Å². The summed E-state index contributed by atoms with van der Waals surface area (Å²) in [5.74, 6) is -3.68. The number of benzene rings is 1. The summed E-state index contributed by atoms with van der Waals surface area (Å²) in [5, 5.41) is 20.5. The monoisotopic (exact) mass is 457 g/mol. The van der Waals surface area contributed by atoms with Crippen LogP contribution in [-0.4, -0.2) is 45.5 Å². The molecule has 0 saturated carbocycles. The van der Waals surface area contributed by atoms with Gasteiger partial charge in [0.05, 0.1) is 11.3 Å². The Balaban J connectivity index is 2.78. The van der Waals surface area contributed by atoms with Gasteiger partial charge in [0.15, 0.2) is 0 Å². The van der Waals surface area contributed by atoms with Gasteiger partial charge in [-0.25, -0.2) is 4.79 Å². The van der Waals surface area contributed by atoms with Gasteiger partial charge in [0.1, 0.15) is 6.04 Å². The summed E-state index contributed by atoms with van der Waals surface area (Å²) in [5.41, 5.74) is -1.39. The molecule has 4 atom stereocenters. The van der Waals surface area contributed by atoms with Crippen molar-refractivity contribution < 1.29 is 24.6 Å². The van der Waals surface area contributed by atoms with Crippen LogP contribution < -0.4 is 0 Å². The van der Waals surface area contributed by atoms with Crippen LogP contribution in [0.1, 0.15) is 60.5 Å². The molecule has 0 bridgehead atoms. The van der Waals surface area contributed by atoms with Crippen LogP contribution in [0.3, 0.4) is 0 Å². The molecule has 1 fully saturated rings. The Morgan fingerprint density at radius 3 is 2.06 bits per heavy atom. The topological polar surface area (TPSA) is 94.9 Å². The maximum atomic E-state index is 14.4. The third-order valence-corrected chi connectivity index (χ3v) is 7.66. The molecule has 1 aromatic rings. The lowest BCUT2D eigenvalue weighted by Crippen LogP contribution is -2.56. The average Bonchev–Trinajstić information content (AvgIpc) is 2.88. The fourth-order valence-electron chi connectivity index (χ4n) is 5.73. The number of carbonyl (C=O) groups excluding carboxylic acids is 1. The lowest BCUT2D eigenvalue weighted by Gasteiger charge is -2.52. The third-order valence-electron chi connectivity index (χ3n) is 7.66. The second-order valence-corrected chi connectivity index (χ2v) is 11.2. The third kappa shape index (κ3) is 4.57. The van der Waals surface area contributed by atoms with Gasteiger partial charge in [0.2, 0.25) is 5.91 Å². The van der Waals surface area contributed by atoms with Crippen LogP contribution in [0.2, 0.25) is 0 Å². The second kappa shape index (κ2) is 9.32. The SMILES string of the molecule is C=C(C)C(C(=O)O)C1(CC(C)C)C(=O)N([C@H](Cc2ccccc2)C(=O)O)CC1(C)C(C)(C)C. The lowest BCUT2D eigenvalue weighted by molar-refractivity contribution is -0.163. The minimum atomic E-state index is -1.32. The Morgan fingerprint density at radius 2 is 1.67 bits per heavy atom. The van der Waals surface area contributed by atoms with E-state index in [0.717, 1.165) is 5.56 Å². The molecule has 0 spiro atoms. The Hall–Kier alpha value is -2.63. The summed E-state index contributed by atoms with van der Waals surface area (Å²) in [6, 6.07) is 8.13. The van der Waals surface area contributed by atoms with Gasteiger partial charge < -0.3 is 15.1 Å². The number of aliphatic carboxylic acids is 2. The van der Waals surface area contributed by atoms with Crippen LogP contribution in [0.4, 0.5) is 0 Å². The van der Waals surface area contributed by atoms with E-state index in [1.54, 1.807) is 6.92 Å². The maximum absolute atomic E-state index is 14.4. The molecule has 1 amide bonds. The number of carboxylic acids is 2. The normalized spacial score (nSPS) is 25.2. The van der Waals surface area contributed by atoms with E-state index in [1.807, 2.05) is 71.9 Å². The summed E-state index contributed by atoms with van der Waals surface area (Å²) < 4.78 is 0. The van der Waals surface area contributed by atoms with Crippen molar-refractivity contribution in [3.63, 3.8) is 0 Å². The van der Waals surface area contributed by atoms with Crippen LogP contribution in [0.15, 0.2) is 42.5 Å². The zero-order chi connectivity index (χ0) is 25.4. The van der Waals surface area contributed by atoms with Crippen molar-refractivity contribution in [3.05, 3.63) is 48.0 Å². The first kappa shape index (κ1) is 26.6. The van der Waals surface area contributed by atoms with Gasteiger partial charge in [0.25, 0.3) is 0 Å². The summed E-state index contributed by atoms with van der Waals surface area (Å²) >= 11 is 0. The van der Waals surface area contributed by atoms with Gasteiger partial charge in [-0.05, 0) is 30.2 Å². The average molecular weight is 458 g/mol. The smallest absolute Gasteiger partial charge is 0.326 e. The first-order valence-corrected chi connectivity index (χ1v) is 11.6. The minimum Gasteiger partial charge on any atom is -0.481 e. The second-order valence-electron chi connectivity index (χ2n) is 11.2. The van der Waals surface area contributed by atoms with E-state index in [9.17, 15) is 24.6 Å². The molecule has 1 aliphatic heterocycles. The molecule has 0 aliphatic carbocycles. The van der Waals surface area contributed by atoms with E-state index < -0.39 is 46.1 Å². The van der Waals surface area contributed by atoms with Crippen LogP contribution in [-0.2, 0) is 20.8 Å². The quantitative estimate of drug-likeness (QED) is 0.515. The highest BCUT2D eigenvalue weighted by Crippen LogP contribution is 2.64. The predicted molar refractivity (Wildman–Crippen MR) is 129 cm³/mol. The van der Waals surface area contributed by atoms with E-state index in [0.29, 0.717) is 12.0 Å². The van der Waals surface area contributed by atoms with Crippen LogP contribution in [0.25, 0.3) is 0 Å². The van der Waals surface area contributed by atoms with E-state index in [1.165, 1.54) is 4.90 Å². The highest BCUT2D eigenvalue weighted by Gasteiger charge is 2.70. The molecule has 2 rings (SSSR count). The molecule has 6 heteroatoms. The standard InChI is InChI=1S/C27H39NO5/c1-17(2)15-27(21(18(3)4)23(31)32)24(33)28(16-26(27,8)25(5,6)7)20(22(29)30)14-19-12-10-9-11-13-19/h9-13,17,20-21H,3,14-16H2,1-2,4-8H3,(H,29,30)(H,31,32)/t20-,21?,26?,27?/m1/s1. The van der Waals surface area contributed by atoms with E-state index in [4.69, 9.17) is 0 Å². The van der Waals surface area contributed by atoms with Crippen molar-refractivity contribution in [2.75, 3.05) is 6.54 Å². The fourth-order valence-corrected chi connectivity index (χ4v) is 5.73. The van der Waals surface area contributed by atoms with Crippen LogP contribution >= 0.6 is 0 Å². The zero-order valence-corrected chi connectivity index (χ0v) is 21.0. The van der Waals surface area contributed by atoms with Crippen molar-refractivity contribution >= 4 is 17.8 Å². The van der Waals surface area contributed by atoms with Crippen molar-refractivity contribution in [1.82, 2.24) is 4.90 Å². The molecule has 33 heavy (non-hydrogen) atoms. The predicted octanol–water partition coefficient (Wildman–Crippen LogP) is 4.89. The molecule has 182 valence electrons. The first-order valence-electron chi connectivity index (χ1n) is 11.6. The number of hydrogen-bond donors (Lipinski definition) is 2. The zero-order valence-electron chi connectivity index (χ0n) is 21.0. The van der Waals surface area contributed by atoms with E-state index in [2.05, 4.69) is 6.58 Å². The summed E-state index contributed by atoms with van der Waals surface area (Å²) in [7, 11) is 0. The van der Waals surface area contributed by atoms with Gasteiger partial charge in [-0.1, -0.05) is 84.0 Å². The molecule has 3 unspecified atom stereocenters. The first-order chi connectivity index (χ1) is 15.1. The molecule has 1 aromatic carbocycles. The van der Waals surface area contributed by atoms with Crippen LogP contribution in [0.5, 0.6) is 0 Å². The van der Waals surface area contributed by atoms with Gasteiger partial charge in [-0.2, -0.15) is 0 Å². The van der Waals surface area contributed by atoms with E-state index in [-0.39, 0.29) is 18.9 Å². The van der Waals surface area contributed by atoms with Crippen molar-refractivity contribution in [1.29, 1.82) is 0 Å². The fraction of sp³-hybridized carbons (Fsp3) is 0.593. The molecular formula is C27H39NO5. The molecule has 2 N–H and O–H groups in total. The molecule has 1 heterocycles. The van der Waals surface area contributed by atoms with Gasteiger partial charge in [-0.15, -0.1) is 0 Å². The van der Waals surface area contributed by atoms with Crippen molar-refractivity contribution in [2.24, 2.45) is 28.1 Å². The molecule has 0 radical (unpaired) electrons. The maximum Gasteiger partial charge on any atom is 0.326 e. The Labute approximate surface area is 197 Å². The Morgan fingerprint density at radius 1 is 1.12 bits per heavy atom. The number of carboxylic acid groups (broad SMARTS) is 2. The largest absolute Gasteiger partial charge is 0.481 e. The number of nitrogens with zero attached hydrogens (tertiary/aromatic N) is 1. The highest BCUT2D eigenvalue weighted by molar-refractivity contribution is 5.95. The highest BCUT2D eigenvalue weighted by atomic mass is 16.4. The number of rotatable bonds is 9. The Kier molecular flexibility index (Phi) is 7.52. The summed E-state index contributed by atoms with van der Waals surface area (Å²) in [4.78, 5) is 40.9. The lowest BCUT2D eigenvalue weighted by atomic mass is 9.48. The van der Waals surface area contributed by atoms with Crippen molar-refractivity contribution in [3.8, 4) is 0 Å².